The van der Waals surface area contributed by atoms with Crippen molar-refractivity contribution in [2.75, 3.05) is 4.90 Å². The van der Waals surface area contributed by atoms with Crippen molar-refractivity contribution in [2.45, 2.75) is 32.0 Å². The Kier molecular flexibility index (Phi) is 5.69. The zero-order chi connectivity index (χ0) is 21.9. The number of hydrogen-bond donors (Lipinski definition) is 1. The predicted molar refractivity (Wildman–Crippen MR) is 132 cm³/mol. The topological polar surface area (TPSA) is 46.0 Å². The van der Waals surface area contributed by atoms with E-state index in [1.807, 2.05) is 30.6 Å². The second-order valence-corrected chi connectivity index (χ2v) is 8.33. The molecule has 3 aromatic heterocycles. The first kappa shape index (κ1) is 20.4. The van der Waals surface area contributed by atoms with Crippen molar-refractivity contribution in [1.82, 2.24) is 19.9 Å². The highest BCUT2D eigenvalue weighted by molar-refractivity contribution is 7.80. The fraction of sp³-hybridized carbons (Fsp3) is 0.192. The van der Waals surface area contributed by atoms with Crippen molar-refractivity contribution >= 4 is 23.0 Å². The van der Waals surface area contributed by atoms with Gasteiger partial charge in [0.2, 0.25) is 0 Å². The van der Waals surface area contributed by atoms with Crippen molar-refractivity contribution in [3.05, 3.63) is 114 Å². The zero-order valence-corrected chi connectivity index (χ0v) is 18.7. The van der Waals surface area contributed by atoms with Crippen LogP contribution in [0.3, 0.4) is 0 Å². The number of aryl methyl sites for hydroxylation is 1. The second kappa shape index (κ2) is 8.93. The fourth-order valence-corrected chi connectivity index (χ4v) is 4.70. The number of thiocarbonyl (C=S) groups is 1. The number of rotatable bonds is 6. The molecule has 5 rings (SSSR count). The van der Waals surface area contributed by atoms with E-state index in [0.29, 0.717) is 5.11 Å². The molecule has 4 aromatic rings. The van der Waals surface area contributed by atoms with Gasteiger partial charge in [0.1, 0.15) is 6.04 Å². The molecule has 1 N–H and O–H groups in total. The predicted octanol–water partition coefficient (Wildman–Crippen LogP) is 5.07. The second-order valence-electron chi connectivity index (χ2n) is 7.94. The summed E-state index contributed by atoms with van der Waals surface area (Å²) in [7, 11) is 0. The molecule has 6 heteroatoms. The molecule has 1 aromatic carbocycles. The summed E-state index contributed by atoms with van der Waals surface area (Å²) in [5, 5.41) is 4.26. The summed E-state index contributed by atoms with van der Waals surface area (Å²) in [6.07, 6.45) is 8.69. The Labute approximate surface area is 193 Å². The SMILES string of the molecule is CCc1ccc(N2C(=S)N[C@@H](c3ccccn3)[C@@H]2c2cccn2Cc2cccnc2)cc1. The summed E-state index contributed by atoms with van der Waals surface area (Å²) >= 11 is 5.85. The fourth-order valence-electron chi connectivity index (χ4n) is 4.35. The average Bonchev–Trinajstić information content (AvgIpc) is 3.44. The molecule has 1 aliphatic rings. The van der Waals surface area contributed by atoms with Crippen molar-refractivity contribution < 1.29 is 0 Å². The van der Waals surface area contributed by atoms with Gasteiger partial charge >= 0.3 is 0 Å². The lowest BCUT2D eigenvalue weighted by Crippen LogP contribution is -2.30. The minimum Gasteiger partial charge on any atom is -0.351 e. The lowest BCUT2D eigenvalue weighted by molar-refractivity contribution is 0.533. The van der Waals surface area contributed by atoms with Crippen molar-refractivity contribution in [3.8, 4) is 0 Å². The molecule has 0 unspecified atom stereocenters. The molecular weight excluding hydrogens is 414 g/mol. The number of nitrogens with one attached hydrogen (secondary N) is 1. The van der Waals surface area contributed by atoms with Crippen LogP contribution >= 0.6 is 12.2 Å². The third kappa shape index (κ3) is 3.89. The van der Waals surface area contributed by atoms with Crippen LogP contribution in [0.15, 0.2) is 91.5 Å². The minimum atomic E-state index is -0.0582. The summed E-state index contributed by atoms with van der Waals surface area (Å²) in [4.78, 5) is 11.2. The van der Waals surface area contributed by atoms with Crippen molar-refractivity contribution in [1.29, 1.82) is 0 Å². The third-order valence-corrected chi connectivity index (χ3v) is 6.28. The first-order chi connectivity index (χ1) is 15.7. The summed E-state index contributed by atoms with van der Waals surface area (Å²) < 4.78 is 2.28. The number of pyridine rings is 2. The van der Waals surface area contributed by atoms with Crippen LogP contribution < -0.4 is 10.2 Å². The van der Waals surface area contributed by atoms with Gasteiger partial charge in [-0.2, -0.15) is 0 Å². The molecule has 4 heterocycles. The Morgan fingerprint density at radius 3 is 2.53 bits per heavy atom. The molecule has 5 nitrogen and oxygen atoms in total. The molecule has 2 atom stereocenters. The number of benzene rings is 1. The molecule has 0 amide bonds. The highest BCUT2D eigenvalue weighted by Crippen LogP contribution is 2.41. The van der Waals surface area contributed by atoms with E-state index in [1.165, 1.54) is 11.3 Å². The highest BCUT2D eigenvalue weighted by Gasteiger charge is 2.41. The largest absolute Gasteiger partial charge is 0.351 e. The Bertz CT molecular complexity index is 1190. The van der Waals surface area contributed by atoms with Gasteiger partial charge in [-0.3, -0.25) is 9.97 Å². The number of aromatic nitrogens is 3. The van der Waals surface area contributed by atoms with E-state index in [-0.39, 0.29) is 12.1 Å². The Morgan fingerprint density at radius 2 is 1.81 bits per heavy atom. The first-order valence-corrected chi connectivity index (χ1v) is 11.3. The van der Waals surface area contributed by atoms with Crippen molar-refractivity contribution in [3.63, 3.8) is 0 Å². The van der Waals surface area contributed by atoms with Crippen LogP contribution in [0.25, 0.3) is 0 Å². The van der Waals surface area contributed by atoms with E-state index >= 15 is 0 Å². The van der Waals surface area contributed by atoms with Crippen LogP contribution in [0.4, 0.5) is 5.69 Å². The summed E-state index contributed by atoms with van der Waals surface area (Å²) in [6.45, 7) is 2.92. The van der Waals surface area contributed by atoms with Gasteiger partial charge in [-0.25, -0.2) is 0 Å². The maximum Gasteiger partial charge on any atom is 0.174 e. The van der Waals surface area contributed by atoms with Gasteiger partial charge in [0.05, 0.1) is 11.7 Å². The lowest BCUT2D eigenvalue weighted by atomic mass is 10.0. The molecule has 0 radical (unpaired) electrons. The summed E-state index contributed by atoms with van der Waals surface area (Å²) in [5.74, 6) is 0. The molecule has 0 bridgehead atoms. The summed E-state index contributed by atoms with van der Waals surface area (Å²) in [5.41, 5.74) is 5.70. The van der Waals surface area contributed by atoms with Crippen molar-refractivity contribution in [2.24, 2.45) is 0 Å². The first-order valence-electron chi connectivity index (χ1n) is 10.9. The average molecular weight is 440 g/mol. The van der Waals surface area contributed by atoms with Crippen LogP contribution in [0, 0.1) is 0 Å². The molecule has 1 aliphatic heterocycles. The van der Waals surface area contributed by atoms with Gasteiger partial charge in [-0.1, -0.05) is 31.2 Å². The van der Waals surface area contributed by atoms with Crippen LogP contribution in [0.2, 0.25) is 0 Å². The van der Waals surface area contributed by atoms with Gasteiger partial charge in [0.15, 0.2) is 5.11 Å². The summed E-state index contributed by atoms with van der Waals surface area (Å²) in [6, 6.07) is 23.0. The quantitative estimate of drug-likeness (QED) is 0.425. The molecule has 0 spiro atoms. The molecule has 160 valence electrons. The monoisotopic (exact) mass is 439 g/mol. The minimum absolute atomic E-state index is 0.0310. The van der Waals surface area contributed by atoms with Crippen LogP contribution in [0.5, 0.6) is 0 Å². The van der Waals surface area contributed by atoms with E-state index in [2.05, 4.69) is 86.4 Å². The third-order valence-electron chi connectivity index (χ3n) is 5.96. The van der Waals surface area contributed by atoms with Gasteiger partial charge < -0.3 is 14.8 Å². The number of hydrogen-bond acceptors (Lipinski definition) is 3. The van der Waals surface area contributed by atoms with Crippen LogP contribution in [-0.4, -0.2) is 19.6 Å². The van der Waals surface area contributed by atoms with E-state index in [0.717, 1.165) is 29.9 Å². The Hall–Kier alpha value is -3.51. The highest BCUT2D eigenvalue weighted by atomic mass is 32.1. The van der Waals surface area contributed by atoms with Gasteiger partial charge in [0.25, 0.3) is 0 Å². The Morgan fingerprint density at radius 1 is 0.938 bits per heavy atom. The van der Waals surface area contributed by atoms with Crippen LogP contribution in [0.1, 0.15) is 41.5 Å². The lowest BCUT2D eigenvalue weighted by Gasteiger charge is -2.29. The maximum absolute atomic E-state index is 5.85. The number of anilines is 1. The van der Waals surface area contributed by atoms with E-state index in [1.54, 1.807) is 6.20 Å². The van der Waals surface area contributed by atoms with Gasteiger partial charge in [0, 0.05) is 42.7 Å². The van der Waals surface area contributed by atoms with E-state index < -0.39 is 0 Å². The van der Waals surface area contributed by atoms with E-state index in [9.17, 15) is 0 Å². The molecular formula is C26H25N5S. The smallest absolute Gasteiger partial charge is 0.174 e. The molecule has 1 fully saturated rings. The Balaban J connectivity index is 1.59. The molecule has 0 aliphatic carbocycles. The standard InChI is InChI=1S/C26H25N5S/c1-2-19-10-12-21(13-11-19)31-25(24(29-26(31)32)22-8-3-4-15-28-22)23-9-6-16-30(23)18-20-7-5-14-27-17-20/h3-17,24-25H,2,18H2,1H3,(H,29,32)/t24-,25-/m0/s1. The zero-order valence-electron chi connectivity index (χ0n) is 17.9. The maximum atomic E-state index is 5.85. The van der Waals surface area contributed by atoms with Gasteiger partial charge in [-0.15, -0.1) is 0 Å². The normalized spacial score (nSPS) is 18.0. The van der Waals surface area contributed by atoms with Crippen LogP contribution in [-0.2, 0) is 13.0 Å². The molecule has 1 saturated heterocycles. The van der Waals surface area contributed by atoms with Gasteiger partial charge in [-0.05, 0) is 72.2 Å². The molecule has 0 saturated carbocycles. The molecule has 32 heavy (non-hydrogen) atoms. The number of nitrogens with zero attached hydrogens (tertiary/aromatic N) is 4. The van der Waals surface area contributed by atoms with E-state index in [4.69, 9.17) is 12.2 Å².